The first-order chi connectivity index (χ1) is 14.1. The predicted molar refractivity (Wildman–Crippen MR) is 129 cm³/mol. The molecule has 29 heavy (non-hydrogen) atoms. The average molecular weight is 391 g/mol. The van der Waals surface area contributed by atoms with Gasteiger partial charge in [0.25, 0.3) is 0 Å². The number of unbranched alkanes of at least 4 members (excludes halogenated alkanes) is 5. The van der Waals surface area contributed by atoms with Gasteiger partial charge >= 0.3 is 0 Å². The lowest BCUT2D eigenvalue weighted by atomic mass is 10.0. The fourth-order valence-electron chi connectivity index (χ4n) is 3.62. The second kappa shape index (κ2) is 13.1. The fraction of sp³-hybridized carbons (Fsp3) is 0.481. The zero-order valence-corrected chi connectivity index (χ0v) is 18.9. The van der Waals surface area contributed by atoms with Crippen LogP contribution in [0.1, 0.15) is 82.8 Å². The van der Waals surface area contributed by atoms with E-state index < -0.39 is 0 Å². The summed E-state index contributed by atoms with van der Waals surface area (Å²) in [4.78, 5) is 10.2. The molecule has 0 unspecified atom stereocenters. The SMILES string of the molecule is CCCCCCC(=Nc1cc(C)cc(C)c1)C(CCCCC)=Nc1ccccc1. The Kier molecular flexibility index (Phi) is 10.4. The fourth-order valence-corrected chi connectivity index (χ4v) is 3.62. The summed E-state index contributed by atoms with van der Waals surface area (Å²) in [6.07, 6.45) is 10.6. The van der Waals surface area contributed by atoms with E-state index in [2.05, 4.69) is 70.2 Å². The zero-order chi connectivity index (χ0) is 20.9. The molecule has 2 aromatic rings. The van der Waals surface area contributed by atoms with Crippen LogP contribution in [-0.2, 0) is 0 Å². The second-order valence-corrected chi connectivity index (χ2v) is 8.07. The van der Waals surface area contributed by atoms with Crippen LogP contribution in [0.15, 0.2) is 58.5 Å². The topological polar surface area (TPSA) is 24.7 Å². The van der Waals surface area contributed by atoms with E-state index in [9.17, 15) is 0 Å². The summed E-state index contributed by atoms with van der Waals surface area (Å²) in [6.45, 7) is 8.81. The van der Waals surface area contributed by atoms with Gasteiger partial charge in [0, 0.05) is 0 Å². The highest BCUT2D eigenvalue weighted by Crippen LogP contribution is 2.21. The number of aliphatic imine (C=N–C) groups is 2. The second-order valence-electron chi connectivity index (χ2n) is 8.07. The first kappa shape index (κ1) is 23.1. The molecule has 156 valence electrons. The minimum atomic E-state index is 1.00. The van der Waals surface area contributed by atoms with Crippen molar-refractivity contribution in [2.75, 3.05) is 0 Å². The van der Waals surface area contributed by atoms with Crippen LogP contribution in [-0.4, -0.2) is 11.4 Å². The molecule has 0 spiro atoms. The molecule has 0 aliphatic heterocycles. The van der Waals surface area contributed by atoms with Crippen molar-refractivity contribution in [3.05, 3.63) is 59.7 Å². The standard InChI is InChI=1S/C27H38N2/c1-5-7-9-14-18-27(29-25-20-22(3)19-23(4)21-25)26(17-11-8-6-2)28-24-15-12-10-13-16-24/h10,12-13,15-16,19-21H,5-9,11,14,17-18H2,1-4H3. The van der Waals surface area contributed by atoms with E-state index in [1.54, 1.807) is 0 Å². The Balaban J connectivity index is 2.38. The zero-order valence-electron chi connectivity index (χ0n) is 18.9. The molecule has 0 saturated carbocycles. The van der Waals surface area contributed by atoms with Crippen molar-refractivity contribution in [2.24, 2.45) is 9.98 Å². The molecule has 0 atom stereocenters. The van der Waals surface area contributed by atoms with E-state index in [-0.39, 0.29) is 0 Å². The molecule has 2 nitrogen and oxygen atoms in total. The van der Waals surface area contributed by atoms with Gasteiger partial charge in [-0.3, -0.25) is 9.98 Å². The van der Waals surface area contributed by atoms with Gasteiger partial charge in [-0.1, -0.05) is 70.2 Å². The van der Waals surface area contributed by atoms with Crippen molar-refractivity contribution in [1.82, 2.24) is 0 Å². The summed E-state index contributed by atoms with van der Waals surface area (Å²) in [5.41, 5.74) is 6.96. The summed E-state index contributed by atoms with van der Waals surface area (Å²) in [6, 6.07) is 16.9. The minimum Gasteiger partial charge on any atom is -0.252 e. The largest absolute Gasteiger partial charge is 0.252 e. The molecule has 0 aliphatic carbocycles. The summed E-state index contributed by atoms with van der Waals surface area (Å²) in [7, 11) is 0. The van der Waals surface area contributed by atoms with E-state index >= 15 is 0 Å². The van der Waals surface area contributed by atoms with Crippen molar-refractivity contribution in [1.29, 1.82) is 0 Å². The number of rotatable bonds is 12. The van der Waals surface area contributed by atoms with E-state index in [1.165, 1.54) is 67.5 Å². The summed E-state index contributed by atoms with van der Waals surface area (Å²) >= 11 is 0. The van der Waals surface area contributed by atoms with Crippen LogP contribution in [0.2, 0.25) is 0 Å². The number of para-hydroxylation sites is 1. The van der Waals surface area contributed by atoms with Gasteiger partial charge in [-0.05, 0) is 74.9 Å². The molecule has 0 heterocycles. The summed E-state index contributed by atoms with van der Waals surface area (Å²) in [5.74, 6) is 0. The number of hydrogen-bond donors (Lipinski definition) is 0. The maximum absolute atomic E-state index is 5.14. The van der Waals surface area contributed by atoms with Crippen LogP contribution < -0.4 is 0 Å². The van der Waals surface area contributed by atoms with E-state index in [1.807, 2.05) is 6.07 Å². The Morgan fingerprint density at radius 3 is 1.72 bits per heavy atom. The Hall–Kier alpha value is -2.22. The third-order valence-electron chi connectivity index (χ3n) is 5.11. The van der Waals surface area contributed by atoms with Crippen molar-refractivity contribution in [3.8, 4) is 0 Å². The third kappa shape index (κ3) is 8.77. The minimum absolute atomic E-state index is 1.00. The molecule has 0 radical (unpaired) electrons. The molecule has 2 heteroatoms. The molecular formula is C27H38N2. The van der Waals surface area contributed by atoms with Crippen molar-refractivity contribution < 1.29 is 0 Å². The van der Waals surface area contributed by atoms with Crippen LogP contribution in [0.5, 0.6) is 0 Å². The molecule has 0 N–H and O–H groups in total. The Morgan fingerprint density at radius 1 is 0.621 bits per heavy atom. The normalized spacial score (nSPS) is 12.4. The quantitative estimate of drug-likeness (QED) is 0.256. The van der Waals surface area contributed by atoms with Crippen molar-refractivity contribution in [3.63, 3.8) is 0 Å². The van der Waals surface area contributed by atoms with Crippen LogP contribution >= 0.6 is 0 Å². The predicted octanol–water partition coefficient (Wildman–Crippen LogP) is 8.70. The molecule has 0 amide bonds. The highest BCUT2D eigenvalue weighted by atomic mass is 14.8. The lowest BCUT2D eigenvalue weighted by Gasteiger charge is -2.12. The lowest BCUT2D eigenvalue weighted by molar-refractivity contribution is 0.683. The monoisotopic (exact) mass is 390 g/mol. The Labute approximate surface area is 178 Å². The van der Waals surface area contributed by atoms with Crippen molar-refractivity contribution in [2.45, 2.75) is 85.5 Å². The summed E-state index contributed by atoms with van der Waals surface area (Å²) < 4.78 is 0. The number of benzene rings is 2. The molecule has 0 aliphatic rings. The molecular weight excluding hydrogens is 352 g/mol. The highest BCUT2D eigenvalue weighted by Gasteiger charge is 2.11. The average Bonchev–Trinajstić information content (AvgIpc) is 2.70. The Morgan fingerprint density at radius 2 is 1.14 bits per heavy atom. The van der Waals surface area contributed by atoms with Gasteiger partial charge in [0.05, 0.1) is 22.8 Å². The van der Waals surface area contributed by atoms with Gasteiger partial charge in [0.15, 0.2) is 0 Å². The first-order valence-corrected chi connectivity index (χ1v) is 11.4. The molecule has 0 saturated heterocycles. The number of hydrogen-bond acceptors (Lipinski definition) is 2. The molecule has 0 fully saturated rings. The van der Waals surface area contributed by atoms with Crippen LogP contribution in [0.25, 0.3) is 0 Å². The first-order valence-electron chi connectivity index (χ1n) is 11.4. The van der Waals surface area contributed by atoms with Gasteiger partial charge in [0.1, 0.15) is 0 Å². The van der Waals surface area contributed by atoms with E-state index in [0.29, 0.717) is 0 Å². The van der Waals surface area contributed by atoms with Crippen molar-refractivity contribution >= 4 is 22.8 Å². The maximum Gasteiger partial charge on any atom is 0.0639 e. The van der Waals surface area contributed by atoms with Gasteiger partial charge in [-0.15, -0.1) is 0 Å². The number of nitrogens with zero attached hydrogens (tertiary/aromatic N) is 2. The Bertz CT molecular complexity index is 767. The number of aryl methyl sites for hydroxylation is 2. The van der Waals surface area contributed by atoms with Crippen LogP contribution in [0.3, 0.4) is 0 Å². The molecule has 2 rings (SSSR count). The smallest absolute Gasteiger partial charge is 0.0639 e. The van der Waals surface area contributed by atoms with E-state index in [4.69, 9.17) is 9.98 Å². The molecule has 0 bridgehead atoms. The molecule has 2 aromatic carbocycles. The molecule has 0 aromatic heterocycles. The summed E-state index contributed by atoms with van der Waals surface area (Å²) in [5, 5.41) is 0. The van der Waals surface area contributed by atoms with Crippen LogP contribution in [0, 0.1) is 13.8 Å². The highest BCUT2D eigenvalue weighted by molar-refractivity contribution is 6.43. The van der Waals surface area contributed by atoms with Crippen LogP contribution in [0.4, 0.5) is 11.4 Å². The maximum atomic E-state index is 5.14. The third-order valence-corrected chi connectivity index (χ3v) is 5.11. The van der Waals surface area contributed by atoms with Gasteiger partial charge in [-0.25, -0.2) is 0 Å². The lowest BCUT2D eigenvalue weighted by Crippen LogP contribution is -2.14. The van der Waals surface area contributed by atoms with Gasteiger partial charge in [0.2, 0.25) is 0 Å². The van der Waals surface area contributed by atoms with Gasteiger partial charge in [-0.2, -0.15) is 0 Å². The van der Waals surface area contributed by atoms with Gasteiger partial charge < -0.3 is 0 Å². The van der Waals surface area contributed by atoms with E-state index in [0.717, 1.165) is 24.2 Å².